The van der Waals surface area contributed by atoms with E-state index in [2.05, 4.69) is 5.32 Å². The van der Waals surface area contributed by atoms with Crippen LogP contribution >= 0.6 is 11.6 Å². The second-order valence-electron chi connectivity index (χ2n) is 8.04. The topological polar surface area (TPSA) is 113 Å². The van der Waals surface area contributed by atoms with E-state index >= 15 is 0 Å². The molecule has 1 aromatic rings. The van der Waals surface area contributed by atoms with E-state index in [1.165, 1.54) is 12.1 Å². The highest BCUT2D eigenvalue weighted by molar-refractivity contribution is 6.34. The zero-order valence-corrected chi connectivity index (χ0v) is 17.7. The van der Waals surface area contributed by atoms with Crippen LogP contribution in [-0.2, 0) is 9.59 Å². The molecule has 30 heavy (non-hydrogen) atoms. The molecule has 162 valence electrons. The van der Waals surface area contributed by atoms with E-state index in [9.17, 15) is 24.5 Å². The Morgan fingerprint density at radius 3 is 2.23 bits per heavy atom. The maximum atomic E-state index is 13.0. The number of nitrogens with one attached hydrogen (secondary N) is 1. The fourth-order valence-electron chi connectivity index (χ4n) is 3.47. The maximum absolute atomic E-state index is 13.0. The lowest BCUT2D eigenvalue weighted by Crippen LogP contribution is -2.57. The molecule has 1 N–H and O–H groups in total. The summed E-state index contributed by atoms with van der Waals surface area (Å²) in [6.07, 6.45) is 1.90. The van der Waals surface area contributed by atoms with Crippen LogP contribution in [-0.4, -0.2) is 64.7 Å². The molecule has 0 radical (unpaired) electrons. The number of halogens is 1. The third kappa shape index (κ3) is 4.89. The Kier molecular flexibility index (Phi) is 6.60. The Morgan fingerprint density at radius 2 is 1.73 bits per heavy atom. The molecule has 1 unspecified atom stereocenters. The van der Waals surface area contributed by atoms with E-state index in [4.69, 9.17) is 11.6 Å². The number of piperazine rings is 1. The fourth-order valence-corrected chi connectivity index (χ4v) is 3.73. The smallest absolute Gasteiger partial charge is 0.270 e. The van der Waals surface area contributed by atoms with Crippen molar-refractivity contribution in [2.45, 2.75) is 32.7 Å². The highest BCUT2D eigenvalue weighted by Crippen LogP contribution is 2.31. The van der Waals surface area contributed by atoms with E-state index in [1.807, 2.05) is 13.8 Å². The molecule has 0 bridgehead atoms. The molecular weight excluding hydrogens is 412 g/mol. The number of nitrogens with zero attached hydrogens (tertiary/aromatic N) is 3. The highest BCUT2D eigenvalue weighted by Gasteiger charge is 2.36. The lowest BCUT2D eigenvalue weighted by Gasteiger charge is -2.37. The Hall–Kier alpha value is -2.68. The SMILES string of the molecule is CC(C)C(NC(=O)c1ccc([N+](=O)[O-])cc1Cl)C(=O)N1CCN(C(=O)C2CC2)CC1. The van der Waals surface area contributed by atoms with Gasteiger partial charge in [0.25, 0.3) is 11.6 Å². The number of amides is 3. The normalized spacial score (nSPS) is 17.6. The molecule has 1 saturated heterocycles. The first kappa shape index (κ1) is 22.0. The minimum atomic E-state index is -0.769. The number of nitro benzene ring substituents is 1. The molecule has 9 nitrogen and oxygen atoms in total. The molecule has 2 aliphatic rings. The monoisotopic (exact) mass is 436 g/mol. The van der Waals surface area contributed by atoms with Crippen LogP contribution in [0.2, 0.25) is 5.02 Å². The number of hydrogen-bond acceptors (Lipinski definition) is 5. The van der Waals surface area contributed by atoms with Crippen LogP contribution < -0.4 is 5.32 Å². The summed E-state index contributed by atoms with van der Waals surface area (Å²) in [5.41, 5.74) is -0.146. The fraction of sp³-hybridized carbons (Fsp3) is 0.550. The second kappa shape index (κ2) is 8.99. The van der Waals surface area contributed by atoms with Crippen LogP contribution in [0.4, 0.5) is 5.69 Å². The summed E-state index contributed by atoms with van der Waals surface area (Å²) in [6, 6.07) is 2.82. The molecule has 3 rings (SSSR count). The van der Waals surface area contributed by atoms with E-state index < -0.39 is 16.9 Å². The first-order chi connectivity index (χ1) is 14.2. The summed E-state index contributed by atoms with van der Waals surface area (Å²) < 4.78 is 0. The minimum absolute atomic E-state index is 0.0520. The van der Waals surface area contributed by atoms with E-state index in [-0.39, 0.29) is 39.9 Å². The van der Waals surface area contributed by atoms with Crippen molar-refractivity contribution in [1.29, 1.82) is 0 Å². The predicted octanol–water partition coefficient (Wildman–Crippen LogP) is 2.08. The van der Waals surface area contributed by atoms with Crippen molar-refractivity contribution in [1.82, 2.24) is 15.1 Å². The number of rotatable bonds is 6. The van der Waals surface area contributed by atoms with Gasteiger partial charge < -0.3 is 15.1 Å². The van der Waals surface area contributed by atoms with Gasteiger partial charge in [-0.1, -0.05) is 25.4 Å². The molecule has 1 aliphatic carbocycles. The van der Waals surface area contributed by atoms with Crippen molar-refractivity contribution < 1.29 is 19.3 Å². The summed E-state index contributed by atoms with van der Waals surface area (Å²) in [5, 5.41) is 13.5. The molecule has 1 aromatic carbocycles. The number of carbonyl (C=O) groups excluding carboxylic acids is 3. The van der Waals surface area contributed by atoms with Crippen molar-refractivity contribution in [3.63, 3.8) is 0 Å². The predicted molar refractivity (Wildman–Crippen MR) is 110 cm³/mol. The van der Waals surface area contributed by atoms with Gasteiger partial charge in [0.1, 0.15) is 6.04 Å². The summed E-state index contributed by atoms with van der Waals surface area (Å²) in [4.78, 5) is 51.6. The van der Waals surface area contributed by atoms with Gasteiger partial charge in [-0.3, -0.25) is 24.5 Å². The summed E-state index contributed by atoms with van der Waals surface area (Å²) in [5.74, 6) is -0.631. The Labute approximate surface area is 179 Å². The number of hydrogen-bond donors (Lipinski definition) is 1. The molecule has 1 saturated carbocycles. The zero-order valence-electron chi connectivity index (χ0n) is 17.0. The maximum Gasteiger partial charge on any atom is 0.270 e. The average Bonchev–Trinajstić information content (AvgIpc) is 3.56. The van der Waals surface area contributed by atoms with Gasteiger partial charge in [0.15, 0.2) is 0 Å². The lowest BCUT2D eigenvalue weighted by atomic mass is 10.0. The standard InChI is InChI=1S/C20H25ClN4O5/c1-12(2)17(22-18(26)15-6-5-14(25(29)30)11-16(15)21)20(28)24-9-7-23(8-10-24)19(27)13-3-4-13/h5-6,11-13,17H,3-4,7-10H2,1-2H3,(H,22,26). The number of non-ortho nitro benzene ring substituents is 1. The molecule has 10 heteroatoms. The number of nitro groups is 1. The third-order valence-corrected chi connectivity index (χ3v) is 5.77. The summed E-state index contributed by atoms with van der Waals surface area (Å²) >= 11 is 6.04. The van der Waals surface area contributed by atoms with Gasteiger partial charge in [-0.15, -0.1) is 0 Å². The van der Waals surface area contributed by atoms with Crippen LogP contribution in [0.15, 0.2) is 18.2 Å². The molecule has 1 aliphatic heterocycles. The number of benzene rings is 1. The molecular formula is C20H25ClN4O5. The van der Waals surface area contributed by atoms with Gasteiger partial charge in [-0.2, -0.15) is 0 Å². The van der Waals surface area contributed by atoms with Crippen LogP contribution in [0.3, 0.4) is 0 Å². The minimum Gasteiger partial charge on any atom is -0.340 e. The number of carbonyl (C=O) groups is 3. The first-order valence-electron chi connectivity index (χ1n) is 10.0. The quantitative estimate of drug-likeness (QED) is 0.541. The van der Waals surface area contributed by atoms with Gasteiger partial charge in [0, 0.05) is 44.2 Å². The van der Waals surface area contributed by atoms with Crippen LogP contribution in [0.25, 0.3) is 0 Å². The van der Waals surface area contributed by atoms with Crippen molar-refractivity contribution >= 4 is 35.0 Å². The van der Waals surface area contributed by atoms with Crippen molar-refractivity contribution in [3.05, 3.63) is 38.9 Å². The van der Waals surface area contributed by atoms with E-state index in [0.717, 1.165) is 18.9 Å². The van der Waals surface area contributed by atoms with Crippen molar-refractivity contribution in [3.8, 4) is 0 Å². The van der Waals surface area contributed by atoms with E-state index in [1.54, 1.807) is 9.80 Å². The largest absolute Gasteiger partial charge is 0.340 e. The Bertz CT molecular complexity index is 863. The highest BCUT2D eigenvalue weighted by atomic mass is 35.5. The average molecular weight is 437 g/mol. The summed E-state index contributed by atoms with van der Waals surface area (Å²) in [6.45, 7) is 5.49. The Balaban J connectivity index is 1.64. The van der Waals surface area contributed by atoms with Gasteiger partial charge in [-0.25, -0.2) is 0 Å². The van der Waals surface area contributed by atoms with Gasteiger partial charge >= 0.3 is 0 Å². The zero-order chi connectivity index (χ0) is 22.0. The molecule has 2 fully saturated rings. The van der Waals surface area contributed by atoms with E-state index in [0.29, 0.717) is 26.2 Å². The van der Waals surface area contributed by atoms with Crippen molar-refractivity contribution in [2.24, 2.45) is 11.8 Å². The Morgan fingerprint density at radius 1 is 1.13 bits per heavy atom. The van der Waals surface area contributed by atoms with Gasteiger partial charge in [0.2, 0.25) is 11.8 Å². The summed E-state index contributed by atoms with van der Waals surface area (Å²) in [7, 11) is 0. The lowest BCUT2D eigenvalue weighted by molar-refractivity contribution is -0.384. The van der Waals surface area contributed by atoms with Gasteiger partial charge in [-0.05, 0) is 24.8 Å². The van der Waals surface area contributed by atoms with Crippen LogP contribution in [0, 0.1) is 22.0 Å². The molecule has 3 amide bonds. The second-order valence-corrected chi connectivity index (χ2v) is 8.45. The van der Waals surface area contributed by atoms with Crippen LogP contribution in [0.1, 0.15) is 37.0 Å². The molecule has 0 spiro atoms. The van der Waals surface area contributed by atoms with Crippen LogP contribution in [0.5, 0.6) is 0 Å². The first-order valence-corrected chi connectivity index (χ1v) is 10.4. The third-order valence-electron chi connectivity index (χ3n) is 5.46. The van der Waals surface area contributed by atoms with Gasteiger partial charge in [0.05, 0.1) is 15.5 Å². The molecule has 1 atom stereocenters. The molecule has 1 heterocycles. The molecule has 0 aromatic heterocycles. The van der Waals surface area contributed by atoms with Crippen molar-refractivity contribution in [2.75, 3.05) is 26.2 Å².